The Morgan fingerprint density at radius 1 is 1.11 bits per heavy atom. The molecule has 0 fully saturated rings. The molecule has 0 saturated carbocycles. The van der Waals surface area contributed by atoms with Crippen LogP contribution in [0.2, 0.25) is 5.02 Å². The van der Waals surface area contributed by atoms with Crippen LogP contribution >= 0.6 is 11.6 Å². The van der Waals surface area contributed by atoms with Crippen LogP contribution in [0.1, 0.15) is 11.1 Å². The van der Waals surface area contributed by atoms with Crippen LogP contribution < -0.4 is 10.5 Å². The Morgan fingerprint density at radius 2 is 1.89 bits per heavy atom. The third kappa shape index (κ3) is 3.01. The molecule has 18 heavy (non-hydrogen) atoms. The van der Waals surface area contributed by atoms with Gasteiger partial charge in [-0.2, -0.15) is 0 Å². The van der Waals surface area contributed by atoms with Crippen molar-refractivity contribution in [3.05, 3.63) is 58.6 Å². The number of nitrogens with two attached hydrogens (primary N) is 1. The van der Waals surface area contributed by atoms with E-state index in [9.17, 15) is 0 Å². The Kier molecular flexibility index (Phi) is 4.20. The Hall–Kier alpha value is -1.55. The highest BCUT2D eigenvalue weighted by atomic mass is 35.5. The van der Waals surface area contributed by atoms with Crippen molar-refractivity contribution in [3.63, 3.8) is 0 Å². The molecule has 0 aliphatic carbocycles. The maximum Gasteiger partial charge on any atom is 0.128 e. The topological polar surface area (TPSA) is 55.5 Å². The number of aliphatic hydroxyl groups excluding tert-OH is 1. The van der Waals surface area contributed by atoms with Crippen molar-refractivity contribution < 1.29 is 9.84 Å². The van der Waals surface area contributed by atoms with Crippen molar-refractivity contribution in [2.75, 3.05) is 0 Å². The summed E-state index contributed by atoms with van der Waals surface area (Å²) in [5, 5.41) is 9.64. The summed E-state index contributed by atoms with van der Waals surface area (Å²) in [5.74, 6) is 1.31. The maximum atomic E-state index is 9.05. The first-order valence-electron chi connectivity index (χ1n) is 5.59. The number of rotatable bonds is 4. The molecule has 0 heterocycles. The summed E-state index contributed by atoms with van der Waals surface area (Å²) >= 11 is 6.05. The molecule has 0 aliphatic rings. The molecule has 0 atom stereocenters. The second-order valence-electron chi connectivity index (χ2n) is 3.86. The van der Waals surface area contributed by atoms with Gasteiger partial charge in [-0.05, 0) is 35.4 Å². The molecular formula is C14H14ClNO2. The zero-order valence-electron chi connectivity index (χ0n) is 9.77. The van der Waals surface area contributed by atoms with E-state index in [2.05, 4.69) is 0 Å². The minimum atomic E-state index is -0.00985. The van der Waals surface area contributed by atoms with E-state index in [1.54, 1.807) is 12.1 Å². The lowest BCUT2D eigenvalue weighted by atomic mass is 10.2. The first-order valence-corrected chi connectivity index (χ1v) is 5.97. The minimum absolute atomic E-state index is 0.00985. The predicted octanol–water partition coefficient (Wildman–Crippen LogP) is 3.08. The van der Waals surface area contributed by atoms with Gasteiger partial charge in [-0.15, -0.1) is 0 Å². The zero-order chi connectivity index (χ0) is 13.0. The lowest BCUT2D eigenvalue weighted by molar-refractivity contribution is 0.281. The molecule has 0 aromatic heterocycles. The van der Waals surface area contributed by atoms with Crippen LogP contribution in [-0.2, 0) is 13.2 Å². The van der Waals surface area contributed by atoms with Gasteiger partial charge >= 0.3 is 0 Å². The summed E-state index contributed by atoms with van der Waals surface area (Å²) in [4.78, 5) is 0. The average Bonchev–Trinajstić information content (AvgIpc) is 2.39. The van der Waals surface area contributed by atoms with Crippen LogP contribution in [0.25, 0.3) is 0 Å². The SMILES string of the molecule is NCc1ccc(Oc2cccc(CO)c2)cc1Cl. The highest BCUT2D eigenvalue weighted by Gasteiger charge is 2.03. The fraction of sp³-hybridized carbons (Fsp3) is 0.143. The lowest BCUT2D eigenvalue weighted by Crippen LogP contribution is -1.97. The molecular weight excluding hydrogens is 250 g/mol. The molecule has 4 heteroatoms. The number of benzene rings is 2. The van der Waals surface area contributed by atoms with Gasteiger partial charge in [0.05, 0.1) is 6.61 Å². The molecule has 0 saturated heterocycles. The van der Waals surface area contributed by atoms with Gasteiger partial charge in [0.2, 0.25) is 0 Å². The number of aliphatic hydroxyl groups is 1. The van der Waals surface area contributed by atoms with Gasteiger partial charge in [0.25, 0.3) is 0 Å². The number of hydrogen-bond acceptors (Lipinski definition) is 3. The summed E-state index contributed by atoms with van der Waals surface area (Å²) in [6.45, 7) is 0.392. The van der Waals surface area contributed by atoms with Gasteiger partial charge in [-0.1, -0.05) is 29.8 Å². The van der Waals surface area contributed by atoms with Crippen molar-refractivity contribution in [3.8, 4) is 11.5 Å². The van der Waals surface area contributed by atoms with Crippen LogP contribution in [0.5, 0.6) is 11.5 Å². The molecule has 3 nitrogen and oxygen atoms in total. The molecule has 0 unspecified atom stereocenters. The molecule has 0 amide bonds. The highest BCUT2D eigenvalue weighted by Crippen LogP contribution is 2.27. The third-order valence-corrected chi connectivity index (χ3v) is 2.91. The summed E-state index contributed by atoms with van der Waals surface area (Å²) in [7, 11) is 0. The fourth-order valence-electron chi connectivity index (χ4n) is 1.60. The van der Waals surface area contributed by atoms with Gasteiger partial charge in [-0.25, -0.2) is 0 Å². The Balaban J connectivity index is 2.20. The average molecular weight is 264 g/mol. The van der Waals surface area contributed by atoms with Gasteiger partial charge in [-0.3, -0.25) is 0 Å². The van der Waals surface area contributed by atoms with Crippen molar-refractivity contribution >= 4 is 11.6 Å². The largest absolute Gasteiger partial charge is 0.457 e. The van der Waals surface area contributed by atoms with Crippen molar-refractivity contribution in [2.24, 2.45) is 5.73 Å². The van der Waals surface area contributed by atoms with E-state index in [1.807, 2.05) is 30.3 Å². The summed E-state index contributed by atoms with van der Waals surface area (Å²) in [5.41, 5.74) is 7.22. The molecule has 0 bridgehead atoms. The normalized spacial score (nSPS) is 10.4. The van der Waals surface area contributed by atoms with E-state index >= 15 is 0 Å². The Labute approximate surface area is 111 Å². The molecule has 3 N–H and O–H groups in total. The van der Waals surface area contributed by atoms with Crippen LogP contribution in [-0.4, -0.2) is 5.11 Å². The van der Waals surface area contributed by atoms with Gasteiger partial charge in [0.15, 0.2) is 0 Å². The molecule has 2 aromatic carbocycles. The van der Waals surface area contributed by atoms with E-state index < -0.39 is 0 Å². The first-order chi connectivity index (χ1) is 8.72. The van der Waals surface area contributed by atoms with Crippen LogP contribution in [0.15, 0.2) is 42.5 Å². The van der Waals surface area contributed by atoms with E-state index in [1.165, 1.54) is 0 Å². The quantitative estimate of drug-likeness (QED) is 0.891. The van der Waals surface area contributed by atoms with E-state index in [0.29, 0.717) is 23.1 Å². The first kappa shape index (κ1) is 12.9. The van der Waals surface area contributed by atoms with Crippen molar-refractivity contribution in [1.82, 2.24) is 0 Å². The molecule has 2 rings (SSSR count). The lowest BCUT2D eigenvalue weighted by Gasteiger charge is -2.08. The van der Waals surface area contributed by atoms with Crippen LogP contribution in [0.3, 0.4) is 0 Å². The maximum absolute atomic E-state index is 9.05. The second-order valence-corrected chi connectivity index (χ2v) is 4.27. The van der Waals surface area contributed by atoms with Crippen LogP contribution in [0.4, 0.5) is 0 Å². The Bertz CT molecular complexity index is 543. The summed E-state index contributed by atoms with van der Waals surface area (Å²) < 4.78 is 5.66. The smallest absolute Gasteiger partial charge is 0.128 e. The molecule has 0 spiro atoms. The predicted molar refractivity (Wildman–Crippen MR) is 71.8 cm³/mol. The van der Waals surface area contributed by atoms with Gasteiger partial charge < -0.3 is 15.6 Å². The number of hydrogen-bond donors (Lipinski definition) is 2. The van der Waals surface area contributed by atoms with Gasteiger partial charge in [0.1, 0.15) is 11.5 Å². The van der Waals surface area contributed by atoms with Crippen molar-refractivity contribution in [2.45, 2.75) is 13.2 Å². The highest BCUT2D eigenvalue weighted by molar-refractivity contribution is 6.31. The standard InChI is InChI=1S/C14H14ClNO2/c15-14-7-13(5-4-11(14)8-16)18-12-3-1-2-10(6-12)9-17/h1-7,17H,8-9,16H2. The van der Waals surface area contributed by atoms with E-state index in [-0.39, 0.29) is 6.61 Å². The zero-order valence-corrected chi connectivity index (χ0v) is 10.5. The summed E-state index contributed by atoms with van der Waals surface area (Å²) in [6.07, 6.45) is 0. The van der Waals surface area contributed by atoms with Crippen molar-refractivity contribution in [1.29, 1.82) is 0 Å². The molecule has 0 radical (unpaired) electrons. The van der Waals surface area contributed by atoms with E-state index in [0.717, 1.165) is 11.1 Å². The molecule has 2 aromatic rings. The van der Waals surface area contributed by atoms with Crippen LogP contribution in [0, 0.1) is 0 Å². The minimum Gasteiger partial charge on any atom is -0.457 e. The third-order valence-electron chi connectivity index (χ3n) is 2.56. The fourth-order valence-corrected chi connectivity index (χ4v) is 1.85. The van der Waals surface area contributed by atoms with E-state index in [4.69, 9.17) is 27.2 Å². The van der Waals surface area contributed by atoms with Gasteiger partial charge in [0, 0.05) is 11.6 Å². The summed E-state index contributed by atoms with van der Waals surface area (Å²) in [6, 6.07) is 12.7. The molecule has 94 valence electrons. The monoisotopic (exact) mass is 263 g/mol. The molecule has 0 aliphatic heterocycles. The second kappa shape index (κ2) is 5.87. The Morgan fingerprint density at radius 3 is 2.56 bits per heavy atom. The number of halogens is 1. The number of ether oxygens (including phenoxy) is 1.